The number of benzene rings is 1. The van der Waals surface area contributed by atoms with Crippen molar-refractivity contribution < 1.29 is 0 Å². The summed E-state index contributed by atoms with van der Waals surface area (Å²) in [5, 5.41) is 1.69. The van der Waals surface area contributed by atoms with Gasteiger partial charge in [-0.1, -0.05) is 30.3 Å². The van der Waals surface area contributed by atoms with Crippen molar-refractivity contribution in [2.75, 3.05) is 26.7 Å². The van der Waals surface area contributed by atoms with E-state index in [9.17, 15) is 0 Å². The summed E-state index contributed by atoms with van der Waals surface area (Å²) in [6.07, 6.45) is 0. The predicted molar refractivity (Wildman–Crippen MR) is 68.1 cm³/mol. The predicted octanol–water partition coefficient (Wildman–Crippen LogP) is 3.65. The highest BCUT2D eigenvalue weighted by Gasteiger charge is 2.15. The lowest BCUT2D eigenvalue weighted by Crippen LogP contribution is -1.95. The maximum Gasteiger partial charge on any atom is 0.147 e. The van der Waals surface area contributed by atoms with Crippen LogP contribution < -0.4 is 0 Å². The van der Waals surface area contributed by atoms with Crippen LogP contribution in [-0.2, 0) is 0 Å². The average molecular weight is 211 g/mol. The molecule has 0 aliphatic rings. The molecule has 0 fully saturated rings. The lowest BCUT2D eigenvalue weighted by Gasteiger charge is -2.06. The Morgan fingerprint density at radius 1 is 1.08 bits per heavy atom. The zero-order valence-corrected chi connectivity index (χ0v) is 10.6. The molecule has 0 spiro atoms. The summed E-state index contributed by atoms with van der Waals surface area (Å²) in [6.45, 7) is 9.39. The normalized spacial score (nSPS) is 10.2. The molecule has 0 saturated heterocycles. The van der Waals surface area contributed by atoms with Crippen molar-refractivity contribution >= 4 is 20.5 Å². The molecule has 0 aliphatic heterocycles. The molecule has 13 heavy (non-hydrogen) atoms. The molecular formula is C11H17P2+. The average Bonchev–Trinajstić information content (AvgIpc) is 2.04. The molecule has 1 aromatic carbocycles. The van der Waals surface area contributed by atoms with E-state index in [1.807, 2.05) is 0 Å². The highest BCUT2D eigenvalue weighted by Crippen LogP contribution is 2.39. The molecule has 0 bridgehead atoms. The van der Waals surface area contributed by atoms with Crippen molar-refractivity contribution in [1.82, 2.24) is 0 Å². The lowest BCUT2D eigenvalue weighted by molar-refractivity contribution is 1.68. The standard InChI is InChI=1S/C11H17P2/c1-12(2)11(13(3)4)10-8-6-5-7-9-10/h5-9H,1-4H3/q+1. The van der Waals surface area contributed by atoms with Gasteiger partial charge in [0.15, 0.2) is 0 Å². The van der Waals surface area contributed by atoms with Gasteiger partial charge in [0.1, 0.15) is 5.03 Å². The second-order valence-corrected chi connectivity index (χ2v) is 8.30. The van der Waals surface area contributed by atoms with Crippen LogP contribution >= 0.6 is 15.5 Å². The summed E-state index contributed by atoms with van der Waals surface area (Å²) in [5.41, 5.74) is 1.45. The van der Waals surface area contributed by atoms with Crippen molar-refractivity contribution in [2.45, 2.75) is 0 Å². The van der Waals surface area contributed by atoms with Crippen LogP contribution in [0.2, 0.25) is 0 Å². The Morgan fingerprint density at radius 3 is 2.00 bits per heavy atom. The second kappa shape index (κ2) is 4.89. The van der Waals surface area contributed by atoms with Gasteiger partial charge in [0, 0.05) is 5.56 Å². The summed E-state index contributed by atoms with van der Waals surface area (Å²) >= 11 is 0. The summed E-state index contributed by atoms with van der Waals surface area (Å²) in [4.78, 5) is 0. The Labute approximate surface area is 83.5 Å². The molecule has 0 unspecified atom stereocenters. The van der Waals surface area contributed by atoms with Gasteiger partial charge in [-0.25, -0.2) is 0 Å². The van der Waals surface area contributed by atoms with E-state index in [0.717, 1.165) is 0 Å². The largest absolute Gasteiger partial charge is 0.147 e. The zero-order chi connectivity index (χ0) is 9.84. The van der Waals surface area contributed by atoms with Crippen LogP contribution in [0.15, 0.2) is 30.3 Å². The molecule has 0 radical (unpaired) electrons. The second-order valence-electron chi connectivity index (χ2n) is 3.48. The quantitative estimate of drug-likeness (QED) is 0.655. The van der Waals surface area contributed by atoms with Crippen LogP contribution in [0.4, 0.5) is 0 Å². The minimum atomic E-state index is 0.0658. The van der Waals surface area contributed by atoms with Gasteiger partial charge in [0.2, 0.25) is 0 Å². The minimum Gasteiger partial charge on any atom is -0.0622 e. The molecule has 2 heteroatoms. The van der Waals surface area contributed by atoms with Gasteiger partial charge in [0.05, 0.1) is 20.9 Å². The maximum atomic E-state index is 2.35. The Bertz CT molecular complexity index is 295. The fourth-order valence-electron chi connectivity index (χ4n) is 1.50. The topological polar surface area (TPSA) is 0 Å². The van der Waals surface area contributed by atoms with E-state index in [1.54, 1.807) is 5.03 Å². The number of rotatable bonds is 2. The summed E-state index contributed by atoms with van der Waals surface area (Å²) < 4.78 is 0. The molecule has 0 saturated carbocycles. The molecule has 0 aliphatic carbocycles. The van der Waals surface area contributed by atoms with Crippen LogP contribution in [0, 0.1) is 0 Å². The van der Waals surface area contributed by atoms with E-state index in [0.29, 0.717) is 0 Å². The lowest BCUT2D eigenvalue weighted by atomic mass is 10.2. The Hall–Kier alpha value is -0.180. The third kappa shape index (κ3) is 2.90. The molecule has 0 amide bonds. The van der Waals surface area contributed by atoms with Crippen LogP contribution in [-0.4, -0.2) is 31.7 Å². The van der Waals surface area contributed by atoms with Crippen LogP contribution in [0.25, 0.3) is 0 Å². The minimum absolute atomic E-state index is 0.0658. The van der Waals surface area contributed by atoms with E-state index >= 15 is 0 Å². The molecule has 0 heterocycles. The van der Waals surface area contributed by atoms with Gasteiger partial charge in [-0.05, 0) is 21.3 Å². The first kappa shape index (κ1) is 10.9. The SMILES string of the molecule is CP(C)C(c1ccccc1)=[P+](C)C. The highest BCUT2D eigenvalue weighted by atomic mass is 31.2. The highest BCUT2D eigenvalue weighted by molar-refractivity contribution is 7.88. The first-order chi connectivity index (χ1) is 6.13. The smallest absolute Gasteiger partial charge is 0.0622 e. The van der Waals surface area contributed by atoms with E-state index in [2.05, 4.69) is 57.0 Å². The van der Waals surface area contributed by atoms with E-state index in [1.165, 1.54) is 5.56 Å². The Kier molecular flexibility index (Phi) is 4.10. The molecule has 0 aromatic heterocycles. The van der Waals surface area contributed by atoms with Gasteiger partial charge >= 0.3 is 0 Å². The third-order valence-corrected chi connectivity index (χ3v) is 6.49. The van der Waals surface area contributed by atoms with Gasteiger partial charge in [-0.15, -0.1) is 0 Å². The van der Waals surface area contributed by atoms with Crippen molar-refractivity contribution in [3.63, 3.8) is 0 Å². The van der Waals surface area contributed by atoms with E-state index in [4.69, 9.17) is 0 Å². The van der Waals surface area contributed by atoms with Crippen LogP contribution in [0.1, 0.15) is 5.56 Å². The van der Waals surface area contributed by atoms with Gasteiger partial charge in [-0.2, -0.15) is 0 Å². The van der Waals surface area contributed by atoms with Crippen molar-refractivity contribution in [2.24, 2.45) is 0 Å². The van der Waals surface area contributed by atoms with E-state index < -0.39 is 0 Å². The number of hydrogen-bond acceptors (Lipinski definition) is 0. The molecule has 0 nitrogen and oxygen atoms in total. The first-order valence-electron chi connectivity index (χ1n) is 4.40. The van der Waals surface area contributed by atoms with E-state index in [-0.39, 0.29) is 15.5 Å². The molecule has 70 valence electrons. The van der Waals surface area contributed by atoms with Crippen LogP contribution in [0.5, 0.6) is 0 Å². The molecule has 0 N–H and O–H groups in total. The Balaban J connectivity index is 3.12. The molecular weight excluding hydrogens is 194 g/mol. The summed E-state index contributed by atoms with van der Waals surface area (Å²) in [6, 6.07) is 10.8. The fraction of sp³-hybridized carbons (Fsp3) is 0.364. The molecule has 0 atom stereocenters. The Morgan fingerprint density at radius 2 is 1.62 bits per heavy atom. The fourth-order valence-corrected chi connectivity index (χ4v) is 6.03. The summed E-state index contributed by atoms with van der Waals surface area (Å²) in [7, 11) is 0.132. The monoisotopic (exact) mass is 211 g/mol. The van der Waals surface area contributed by atoms with Gasteiger partial charge in [-0.3, -0.25) is 0 Å². The van der Waals surface area contributed by atoms with Crippen molar-refractivity contribution in [3.8, 4) is 0 Å². The van der Waals surface area contributed by atoms with Crippen molar-refractivity contribution in [3.05, 3.63) is 35.9 Å². The zero-order valence-electron chi connectivity index (χ0n) is 8.78. The van der Waals surface area contributed by atoms with Crippen LogP contribution in [0.3, 0.4) is 0 Å². The molecule has 1 aromatic rings. The summed E-state index contributed by atoms with van der Waals surface area (Å²) in [5.74, 6) is 0. The van der Waals surface area contributed by atoms with Crippen molar-refractivity contribution in [1.29, 1.82) is 0 Å². The third-order valence-electron chi connectivity index (χ3n) is 1.88. The molecule has 1 rings (SSSR count). The van der Waals surface area contributed by atoms with Gasteiger partial charge in [0.25, 0.3) is 0 Å². The first-order valence-corrected chi connectivity index (χ1v) is 8.87. The maximum absolute atomic E-state index is 2.35. The van der Waals surface area contributed by atoms with Gasteiger partial charge < -0.3 is 0 Å². The number of hydrogen-bond donors (Lipinski definition) is 0.